The van der Waals surface area contributed by atoms with Crippen molar-refractivity contribution < 1.29 is 39.2 Å². The van der Waals surface area contributed by atoms with Gasteiger partial charge in [-0.15, -0.1) is 20.3 Å². The molecule has 0 aromatic carbocycles. The minimum Gasteiger partial charge on any atom is -0.481 e. The maximum atomic E-state index is 12.3. The Balaban J connectivity index is 3.71. The van der Waals surface area contributed by atoms with Gasteiger partial charge in [0.25, 0.3) is 0 Å². The Morgan fingerprint density at radius 3 is 2.02 bits per heavy atom. The van der Waals surface area contributed by atoms with Crippen molar-refractivity contribution in [3.8, 4) is 0 Å². The van der Waals surface area contributed by atoms with E-state index in [1.54, 1.807) is 44.9 Å². The van der Waals surface area contributed by atoms with E-state index in [4.69, 9.17) is 15.9 Å². The summed E-state index contributed by atoms with van der Waals surface area (Å²) in [5, 5.41) is 35.0. The first-order chi connectivity index (χ1) is 21.3. The number of amides is 2. The zero-order valence-electron chi connectivity index (χ0n) is 28.4. The highest BCUT2D eigenvalue weighted by Crippen LogP contribution is 2.20. The fraction of sp³-hybridized carbons (Fsp3) is 0.897. The molecule has 0 aliphatic carbocycles. The van der Waals surface area contributed by atoms with E-state index in [1.807, 2.05) is 6.92 Å². The van der Waals surface area contributed by atoms with Crippen molar-refractivity contribution in [3.63, 3.8) is 0 Å². The van der Waals surface area contributed by atoms with Gasteiger partial charge in [-0.1, -0.05) is 6.92 Å². The number of nitrogens with zero attached hydrogens (tertiary/aromatic N) is 2. The number of hydrogen-bond donors (Lipinski definition) is 5. The van der Waals surface area contributed by atoms with Crippen molar-refractivity contribution >= 4 is 49.8 Å². The van der Waals surface area contributed by atoms with E-state index in [1.165, 1.54) is 16.7 Å². The lowest BCUT2D eigenvalue weighted by atomic mass is 10.1. The van der Waals surface area contributed by atoms with Crippen molar-refractivity contribution in [3.05, 3.63) is 0 Å². The molecule has 0 fully saturated rings. The highest BCUT2D eigenvalue weighted by atomic mass is 32.2. The second kappa shape index (κ2) is 28.5. The fourth-order valence-electron chi connectivity index (χ4n) is 3.80. The van der Waals surface area contributed by atoms with Crippen molar-refractivity contribution in [1.82, 2.24) is 20.4 Å². The van der Waals surface area contributed by atoms with Crippen LogP contribution < -0.4 is 10.6 Å². The van der Waals surface area contributed by atoms with E-state index in [9.17, 15) is 24.6 Å². The van der Waals surface area contributed by atoms with Gasteiger partial charge in [0.15, 0.2) is 0 Å². The van der Waals surface area contributed by atoms with E-state index in [-0.39, 0.29) is 42.6 Å². The van der Waals surface area contributed by atoms with Crippen LogP contribution >= 0.6 is 32.0 Å². The molecule has 0 rings (SSSR count). The van der Waals surface area contributed by atoms with Gasteiger partial charge >= 0.3 is 5.97 Å². The Bertz CT molecular complexity index is 795. The van der Waals surface area contributed by atoms with Crippen LogP contribution in [0.4, 0.5) is 0 Å². The van der Waals surface area contributed by atoms with Gasteiger partial charge in [0.05, 0.1) is 38.4 Å². The molecule has 260 valence electrons. The third-order valence-electron chi connectivity index (χ3n) is 6.30. The number of hydrogen-bond acceptors (Lipinski definition) is 11. The summed E-state index contributed by atoms with van der Waals surface area (Å²) in [5.41, 5.74) is 0.801. The number of carbonyl (C=O) groups is 3. The molecule has 44 heavy (non-hydrogen) atoms. The zero-order chi connectivity index (χ0) is 34.0. The number of ether oxygens (including phenoxy) is 2. The Morgan fingerprint density at radius 1 is 0.886 bits per heavy atom. The number of carboxylic acid groups (broad SMARTS) is 1. The molecule has 12 nitrogen and oxygen atoms in total. The number of aliphatic carboxylic acids is 1. The molecular weight excluding hydrogens is 627 g/mol. The average molecular weight is 688 g/mol. The highest BCUT2D eigenvalue weighted by Gasteiger charge is 2.21. The Morgan fingerprint density at radius 2 is 1.45 bits per heavy atom. The number of thioether (sulfide) groups is 2. The van der Waals surface area contributed by atoms with E-state index in [0.29, 0.717) is 58.0 Å². The van der Waals surface area contributed by atoms with Crippen LogP contribution in [0.2, 0.25) is 0 Å². The van der Waals surface area contributed by atoms with Gasteiger partial charge < -0.3 is 45.2 Å². The minimum atomic E-state index is -0.880. The first kappa shape index (κ1) is 41.3. The van der Waals surface area contributed by atoms with Gasteiger partial charge in [0, 0.05) is 71.7 Å². The van der Waals surface area contributed by atoms with Gasteiger partial charge in [0.2, 0.25) is 11.8 Å². The predicted molar refractivity (Wildman–Crippen MR) is 183 cm³/mol. The van der Waals surface area contributed by atoms with Crippen LogP contribution in [0.1, 0.15) is 39.0 Å². The molecule has 15 heteroatoms. The molecule has 0 radical (unpaired) electrons. The van der Waals surface area contributed by atoms with Crippen molar-refractivity contribution in [2.45, 2.75) is 56.5 Å². The summed E-state index contributed by atoms with van der Waals surface area (Å²) < 4.78 is 19.4. The molecule has 5 unspecified atom stereocenters. The number of aliphatic hydroxyl groups is 2. The molecule has 2 amide bonds. The van der Waals surface area contributed by atoms with E-state index in [2.05, 4.69) is 10.6 Å². The third kappa shape index (κ3) is 25.5. The smallest absolute Gasteiger partial charge is 0.304 e. The zero-order valence-corrected chi connectivity index (χ0v) is 29.9. The van der Waals surface area contributed by atoms with Gasteiger partial charge in [-0.3, -0.25) is 14.4 Å². The molecule has 0 spiro atoms. The molecule has 5 N–H and O–H groups in total. The van der Waals surface area contributed by atoms with Gasteiger partial charge in [-0.05, 0) is 50.7 Å². The van der Waals surface area contributed by atoms with Crippen LogP contribution in [0.15, 0.2) is 0 Å². The summed E-state index contributed by atoms with van der Waals surface area (Å²) >= 11 is 3.09. The average Bonchev–Trinajstić information content (AvgIpc) is 2.98. The second-order valence-electron chi connectivity index (χ2n) is 11.0. The van der Waals surface area contributed by atoms with Crippen LogP contribution in [0.3, 0.4) is 0 Å². The van der Waals surface area contributed by atoms with Crippen LogP contribution in [0, 0.1) is 5.92 Å². The molecule has 0 bridgehead atoms. The van der Waals surface area contributed by atoms with Gasteiger partial charge in [0.1, 0.15) is 0 Å². The quantitative estimate of drug-likeness (QED) is 0.0544. The van der Waals surface area contributed by atoms with Crippen molar-refractivity contribution in [2.24, 2.45) is 5.92 Å². The monoisotopic (exact) mass is 687 g/mol. The summed E-state index contributed by atoms with van der Waals surface area (Å²) in [5.74, 6) is 0.395. The van der Waals surface area contributed by atoms with Crippen LogP contribution in [0.5, 0.6) is 0 Å². The van der Waals surface area contributed by atoms with Crippen LogP contribution in [-0.2, 0) is 23.9 Å². The molecule has 0 heterocycles. The minimum absolute atomic E-state index is 0.0143. The standard InChI is InChI=1S/C29H59N4O8PS2/c1-23(28(38)32(2)3)8-11-30-18-24(34)20-40-13-6-15-42-22-43-16-7-14-41-21-25(35)19-31-12-9-26(29(39)33(4)5)44-17-10-27(36)37/h23-26,30-31,34-35,42H,6-22H2,1-5H3,(H,36,37)/i42D. The molecule has 0 aromatic rings. The molecule has 0 aliphatic rings. The number of carbonyl (C=O) groups excluding carboxylic acids is 2. The Labute approximate surface area is 276 Å². The van der Waals surface area contributed by atoms with E-state index >= 15 is 0 Å². The van der Waals surface area contributed by atoms with Crippen molar-refractivity contribution in [2.75, 3.05) is 104 Å². The maximum absolute atomic E-state index is 12.3. The summed E-state index contributed by atoms with van der Waals surface area (Å²) in [7, 11) is 6.05. The summed E-state index contributed by atoms with van der Waals surface area (Å²) in [6, 6.07) is 0. The highest BCUT2D eigenvalue weighted by molar-refractivity contribution is 8.03. The summed E-state index contributed by atoms with van der Waals surface area (Å²) in [6.07, 6.45) is 2.46. The SMILES string of the molecule is [2H]P(CCCOCC(O)CNCCC(C)C(=O)N(C)C)CSCCCOCC(O)CNCCC(SCCC(=O)O)C(=O)N(C)C. The van der Waals surface area contributed by atoms with E-state index in [0.717, 1.165) is 30.3 Å². The lowest BCUT2D eigenvalue weighted by molar-refractivity contribution is -0.136. The number of carboxylic acids is 1. The summed E-state index contributed by atoms with van der Waals surface area (Å²) in [6.45, 7) is 5.40. The second-order valence-corrected chi connectivity index (χ2v) is 15.1. The predicted octanol–water partition coefficient (Wildman–Crippen LogP) is 1.24. The number of nitrogens with one attached hydrogen (secondary N) is 2. The van der Waals surface area contributed by atoms with Gasteiger partial charge in [-0.25, -0.2) is 0 Å². The van der Waals surface area contributed by atoms with Crippen LogP contribution in [-0.4, -0.2) is 166 Å². The summed E-state index contributed by atoms with van der Waals surface area (Å²) in [4.78, 5) is 38.0. The first-order valence-corrected chi connectivity index (χ1v) is 18.8. The van der Waals surface area contributed by atoms with Crippen LogP contribution in [0.25, 0.3) is 0 Å². The lowest BCUT2D eigenvalue weighted by Gasteiger charge is -2.20. The molecule has 0 aromatic heterocycles. The fourth-order valence-corrected chi connectivity index (χ4v) is 7.24. The lowest BCUT2D eigenvalue weighted by Crippen LogP contribution is -2.36. The molecule has 5 atom stereocenters. The Kier molecular flexibility index (Phi) is 26.8. The molecule has 0 saturated carbocycles. The number of rotatable bonds is 30. The van der Waals surface area contributed by atoms with E-state index < -0.39 is 26.7 Å². The molecule has 0 aliphatic heterocycles. The normalized spacial score (nSPS) is 15.2. The largest absolute Gasteiger partial charge is 0.481 e. The molecular formula is C29H59N4O8PS2. The van der Waals surface area contributed by atoms with Gasteiger partial charge in [-0.2, -0.15) is 11.8 Å². The Hall–Kier alpha value is -0.700. The topological polar surface area (TPSA) is 161 Å². The first-order valence-electron chi connectivity index (χ1n) is 15.8. The molecule has 0 saturated heterocycles. The maximum Gasteiger partial charge on any atom is 0.304 e. The third-order valence-corrected chi connectivity index (χ3v) is 10.2. The number of aliphatic hydroxyl groups excluding tert-OH is 2. The van der Waals surface area contributed by atoms with Crippen molar-refractivity contribution in [1.29, 1.82) is 1.28 Å².